The van der Waals surface area contributed by atoms with Crippen molar-refractivity contribution in [3.05, 3.63) is 29.8 Å². The molecule has 0 unspecified atom stereocenters. The average molecular weight is 306 g/mol. The lowest BCUT2D eigenvalue weighted by molar-refractivity contribution is -0.272. The predicted octanol–water partition coefficient (Wildman–Crippen LogP) is 4.31. The van der Waals surface area contributed by atoms with E-state index in [1.807, 2.05) is 0 Å². The highest BCUT2D eigenvalue weighted by molar-refractivity contribution is 6.25. The van der Waals surface area contributed by atoms with Crippen molar-refractivity contribution in [2.75, 3.05) is 19.0 Å². The molecular formula is C11H10ClF6N. The summed E-state index contributed by atoms with van der Waals surface area (Å²) in [7, 11) is 3.22. The van der Waals surface area contributed by atoms with Gasteiger partial charge in [0.05, 0.1) is 0 Å². The summed E-state index contributed by atoms with van der Waals surface area (Å²) in [5.41, 5.74) is -0.591. The van der Waals surface area contributed by atoms with Crippen LogP contribution in [0.1, 0.15) is 5.56 Å². The maximum absolute atomic E-state index is 12.7. The van der Waals surface area contributed by atoms with E-state index in [1.165, 1.54) is 0 Å². The van der Waals surface area contributed by atoms with Crippen LogP contribution < -0.4 is 4.90 Å². The molecule has 0 bridgehead atoms. The van der Waals surface area contributed by atoms with E-state index in [9.17, 15) is 26.3 Å². The monoisotopic (exact) mass is 305 g/mol. The summed E-state index contributed by atoms with van der Waals surface area (Å²) in [5, 5.41) is 0. The second-order valence-corrected chi connectivity index (χ2v) is 4.66. The zero-order valence-electron chi connectivity index (χ0n) is 9.90. The normalized spacial score (nSPS) is 13.5. The minimum absolute atomic E-state index is 0.465. The highest BCUT2D eigenvalue weighted by Gasteiger charge is 2.71. The Morgan fingerprint density at radius 1 is 0.842 bits per heavy atom. The second-order valence-electron chi connectivity index (χ2n) is 4.10. The third-order valence-corrected chi connectivity index (χ3v) is 3.21. The molecule has 0 radical (unpaired) electrons. The van der Waals surface area contributed by atoms with Crippen molar-refractivity contribution in [3.63, 3.8) is 0 Å². The molecular weight excluding hydrogens is 296 g/mol. The lowest BCUT2D eigenvalue weighted by Gasteiger charge is -2.32. The molecule has 0 aromatic heterocycles. The van der Waals surface area contributed by atoms with Crippen LogP contribution >= 0.6 is 11.6 Å². The molecule has 0 aliphatic heterocycles. The van der Waals surface area contributed by atoms with E-state index < -0.39 is 22.8 Å². The highest BCUT2D eigenvalue weighted by Crippen LogP contribution is 2.55. The fourth-order valence-electron chi connectivity index (χ4n) is 1.48. The lowest BCUT2D eigenvalue weighted by atomic mass is 9.96. The van der Waals surface area contributed by atoms with Gasteiger partial charge in [0.1, 0.15) is 0 Å². The first kappa shape index (κ1) is 15.9. The molecule has 0 aliphatic rings. The van der Waals surface area contributed by atoms with E-state index >= 15 is 0 Å². The Kier molecular flexibility index (Phi) is 4.01. The summed E-state index contributed by atoms with van der Waals surface area (Å²) in [6, 6.07) is 3.74. The number of rotatable bonds is 2. The van der Waals surface area contributed by atoms with E-state index in [1.54, 1.807) is 19.0 Å². The van der Waals surface area contributed by atoms with Crippen molar-refractivity contribution < 1.29 is 26.3 Å². The quantitative estimate of drug-likeness (QED) is 0.581. The van der Waals surface area contributed by atoms with Crippen molar-refractivity contribution in [1.82, 2.24) is 0 Å². The van der Waals surface area contributed by atoms with Crippen LogP contribution in [0.15, 0.2) is 24.3 Å². The third kappa shape index (κ3) is 2.75. The fraction of sp³-hybridized carbons (Fsp3) is 0.455. The van der Waals surface area contributed by atoms with E-state index in [4.69, 9.17) is 11.6 Å². The number of benzene rings is 1. The first-order valence-electron chi connectivity index (χ1n) is 5.01. The molecule has 1 aromatic carbocycles. The Morgan fingerprint density at radius 3 is 1.47 bits per heavy atom. The molecule has 0 amide bonds. The van der Waals surface area contributed by atoms with Crippen molar-refractivity contribution in [3.8, 4) is 0 Å². The highest BCUT2D eigenvalue weighted by atomic mass is 35.5. The average Bonchev–Trinajstić information content (AvgIpc) is 2.25. The van der Waals surface area contributed by atoms with Crippen molar-refractivity contribution in [2.45, 2.75) is 17.2 Å². The van der Waals surface area contributed by atoms with Crippen LogP contribution in [0.2, 0.25) is 0 Å². The zero-order chi connectivity index (χ0) is 15.1. The van der Waals surface area contributed by atoms with Crippen molar-refractivity contribution >= 4 is 17.3 Å². The molecule has 1 rings (SSSR count). The van der Waals surface area contributed by atoms with Gasteiger partial charge in [-0.3, -0.25) is 0 Å². The van der Waals surface area contributed by atoms with Gasteiger partial charge < -0.3 is 4.90 Å². The maximum atomic E-state index is 12.7. The summed E-state index contributed by atoms with van der Waals surface area (Å²) >= 11 is 4.89. The van der Waals surface area contributed by atoms with Gasteiger partial charge in [-0.15, -0.1) is 0 Å². The number of hydrogen-bond donors (Lipinski definition) is 0. The molecule has 0 spiro atoms. The van der Waals surface area contributed by atoms with E-state index in [-0.39, 0.29) is 0 Å². The van der Waals surface area contributed by atoms with Gasteiger partial charge in [0.25, 0.3) is 4.87 Å². The third-order valence-electron chi connectivity index (χ3n) is 2.56. The smallest absolute Gasteiger partial charge is 0.378 e. The molecule has 1 nitrogen and oxygen atoms in total. The van der Waals surface area contributed by atoms with Crippen LogP contribution in [0.25, 0.3) is 0 Å². The van der Waals surface area contributed by atoms with Gasteiger partial charge in [-0.05, 0) is 17.7 Å². The largest absolute Gasteiger partial charge is 0.420 e. The molecule has 108 valence electrons. The summed E-state index contributed by atoms with van der Waals surface area (Å²) in [6.07, 6.45) is -11.3. The van der Waals surface area contributed by atoms with Crippen LogP contribution in [-0.4, -0.2) is 26.4 Å². The molecule has 0 fully saturated rings. The minimum Gasteiger partial charge on any atom is -0.378 e. The number of anilines is 1. The Balaban J connectivity index is 3.36. The Bertz CT molecular complexity index is 420. The lowest BCUT2D eigenvalue weighted by Crippen LogP contribution is -2.49. The SMILES string of the molecule is CN(C)c1ccc(C(Cl)(C(F)(F)F)C(F)(F)F)cc1. The standard InChI is InChI=1S/C11H10ClF6N/c1-19(2)8-5-3-7(4-6-8)9(12,10(13,14)15)11(16,17)18/h3-6H,1-2H3. The van der Waals surface area contributed by atoms with Gasteiger partial charge in [-0.2, -0.15) is 26.3 Å². The fourth-order valence-corrected chi connectivity index (χ4v) is 1.60. The van der Waals surface area contributed by atoms with Gasteiger partial charge in [-0.25, -0.2) is 0 Å². The maximum Gasteiger partial charge on any atom is 0.420 e. The van der Waals surface area contributed by atoms with E-state index in [0.29, 0.717) is 5.69 Å². The molecule has 0 N–H and O–H groups in total. The summed E-state index contributed by atoms with van der Waals surface area (Å²) in [6.45, 7) is 0. The van der Waals surface area contributed by atoms with Crippen LogP contribution in [0.3, 0.4) is 0 Å². The van der Waals surface area contributed by atoms with E-state index in [2.05, 4.69) is 0 Å². The van der Waals surface area contributed by atoms with Gasteiger partial charge in [-0.1, -0.05) is 23.7 Å². The molecule has 8 heteroatoms. The molecule has 0 atom stereocenters. The van der Waals surface area contributed by atoms with Crippen LogP contribution in [0, 0.1) is 0 Å². The Labute approximate surface area is 110 Å². The number of hydrogen-bond acceptors (Lipinski definition) is 1. The molecule has 0 heterocycles. The first-order chi connectivity index (χ1) is 8.41. The van der Waals surface area contributed by atoms with Crippen molar-refractivity contribution in [2.24, 2.45) is 0 Å². The van der Waals surface area contributed by atoms with Gasteiger partial charge in [0, 0.05) is 19.8 Å². The van der Waals surface area contributed by atoms with Crippen molar-refractivity contribution in [1.29, 1.82) is 0 Å². The summed E-state index contributed by atoms with van der Waals surface area (Å²) in [4.78, 5) is -2.86. The number of nitrogens with zero attached hydrogens (tertiary/aromatic N) is 1. The molecule has 0 aliphatic carbocycles. The van der Waals surface area contributed by atoms with Crippen LogP contribution in [0.4, 0.5) is 32.0 Å². The molecule has 19 heavy (non-hydrogen) atoms. The van der Waals surface area contributed by atoms with Gasteiger partial charge in [0.2, 0.25) is 0 Å². The van der Waals surface area contributed by atoms with Crippen LogP contribution in [0.5, 0.6) is 0 Å². The van der Waals surface area contributed by atoms with E-state index in [0.717, 1.165) is 24.3 Å². The Morgan fingerprint density at radius 2 is 1.21 bits per heavy atom. The molecule has 1 aromatic rings. The summed E-state index contributed by atoms with van der Waals surface area (Å²) in [5.74, 6) is 0. The van der Waals surface area contributed by atoms with Gasteiger partial charge >= 0.3 is 12.4 Å². The molecule has 0 saturated carbocycles. The Hall–Kier alpha value is -1.11. The predicted molar refractivity (Wildman–Crippen MR) is 60.4 cm³/mol. The minimum atomic E-state index is -5.65. The summed E-state index contributed by atoms with van der Waals surface area (Å²) < 4.78 is 76.1. The second kappa shape index (κ2) is 4.77. The molecule has 0 saturated heterocycles. The zero-order valence-corrected chi connectivity index (χ0v) is 10.7. The first-order valence-corrected chi connectivity index (χ1v) is 5.39. The number of alkyl halides is 7. The topological polar surface area (TPSA) is 3.24 Å². The van der Waals surface area contributed by atoms with Crippen LogP contribution in [-0.2, 0) is 4.87 Å². The van der Waals surface area contributed by atoms with Gasteiger partial charge in [0.15, 0.2) is 0 Å². The number of halogens is 7.